The zero-order valence-corrected chi connectivity index (χ0v) is 35.3. The van der Waals surface area contributed by atoms with Gasteiger partial charge >= 0.3 is 0 Å². The Bertz CT molecular complexity index is 3580. The molecule has 8 aromatic carbocycles. The minimum atomic E-state index is 0.0238. The first-order chi connectivity index (χ1) is 29.5. The summed E-state index contributed by atoms with van der Waals surface area (Å²) in [6, 6.07) is 59.1. The number of rotatable bonds is 3. The van der Waals surface area contributed by atoms with Gasteiger partial charge in [0.05, 0.1) is 27.8 Å². The summed E-state index contributed by atoms with van der Waals surface area (Å²) in [5.41, 5.74) is 17.1. The fourth-order valence-electron chi connectivity index (χ4n) is 10.9. The lowest BCUT2D eigenvalue weighted by Crippen LogP contribution is -2.58. The van der Waals surface area contributed by atoms with Crippen molar-refractivity contribution in [1.29, 1.82) is 0 Å². The van der Waals surface area contributed by atoms with E-state index in [2.05, 4.69) is 213 Å². The van der Waals surface area contributed by atoms with Gasteiger partial charge < -0.3 is 18.6 Å². The lowest BCUT2D eigenvalue weighted by Gasteiger charge is -2.35. The topological polar surface area (TPSA) is 21.8 Å². The van der Waals surface area contributed by atoms with Gasteiger partial charge in [0, 0.05) is 61.0 Å². The molecular formula is C56H44BN3O. The third-order valence-electron chi connectivity index (χ3n) is 13.8. The Labute approximate surface area is 355 Å². The van der Waals surface area contributed by atoms with Crippen LogP contribution in [0.3, 0.4) is 0 Å². The third kappa shape index (κ3) is 4.72. The van der Waals surface area contributed by atoms with Crippen LogP contribution < -0.4 is 26.0 Å². The van der Waals surface area contributed by atoms with Crippen molar-refractivity contribution in [3.63, 3.8) is 0 Å². The van der Waals surface area contributed by atoms with Crippen molar-refractivity contribution < 1.29 is 4.74 Å². The molecule has 0 saturated heterocycles. The van der Waals surface area contributed by atoms with Gasteiger partial charge in [0.1, 0.15) is 11.5 Å². The van der Waals surface area contributed by atoms with Crippen molar-refractivity contribution >= 4 is 100 Å². The van der Waals surface area contributed by atoms with Gasteiger partial charge in [-0.2, -0.15) is 0 Å². The van der Waals surface area contributed by atoms with E-state index in [1.165, 1.54) is 87.4 Å². The zero-order valence-electron chi connectivity index (χ0n) is 35.3. The van der Waals surface area contributed by atoms with Gasteiger partial charge in [-0.1, -0.05) is 139 Å². The molecule has 0 amide bonds. The number of hydrogen-bond acceptors (Lipinski definition) is 2. The molecule has 0 fully saturated rings. The highest BCUT2D eigenvalue weighted by molar-refractivity contribution is 6.99. The van der Waals surface area contributed by atoms with Crippen LogP contribution in [0.15, 0.2) is 158 Å². The predicted molar refractivity (Wildman–Crippen MR) is 259 cm³/mol. The molecule has 0 saturated carbocycles. The number of nitrogens with zero attached hydrogens (tertiary/aromatic N) is 3. The molecule has 61 heavy (non-hydrogen) atoms. The molecule has 0 aliphatic carbocycles. The third-order valence-corrected chi connectivity index (χ3v) is 13.8. The van der Waals surface area contributed by atoms with E-state index in [4.69, 9.17) is 4.74 Å². The standard InChI is InChI=1S/C56H44BN3O/c1-55(2,3)33-21-25-35(26-22-33)58(36-27-23-34(24-28-36)56(4,5)6)37-29-49-52-51(30-37)61-50-20-10-8-17-44(50)57(52)45-18-12-16-41-43-31-42-40-15-11-14-39-38-13-7-9-19-46(38)59(53(39)40)47(42)32-48(43)60(49)54(41)45/h7-32H,1-6H3. The number of aromatic nitrogens is 2. The summed E-state index contributed by atoms with van der Waals surface area (Å²) in [5.74, 6) is 1.81. The first kappa shape index (κ1) is 34.8. The van der Waals surface area contributed by atoms with Crippen molar-refractivity contribution in [2.24, 2.45) is 0 Å². The average Bonchev–Trinajstić information content (AvgIpc) is 3.89. The van der Waals surface area contributed by atoms with E-state index in [9.17, 15) is 0 Å². The molecule has 0 bridgehead atoms. The van der Waals surface area contributed by atoms with Crippen LogP contribution >= 0.6 is 0 Å². The number of para-hydroxylation sites is 4. The van der Waals surface area contributed by atoms with E-state index in [1.54, 1.807) is 0 Å². The Kier molecular flexibility index (Phi) is 6.77. The zero-order chi connectivity index (χ0) is 41.1. The number of hydrogen-bond donors (Lipinski definition) is 0. The van der Waals surface area contributed by atoms with Gasteiger partial charge in [0.15, 0.2) is 0 Å². The molecule has 0 spiro atoms. The van der Waals surface area contributed by atoms with Crippen LogP contribution in [0.25, 0.3) is 65.6 Å². The molecule has 0 atom stereocenters. The molecule has 292 valence electrons. The van der Waals surface area contributed by atoms with Gasteiger partial charge in [-0.25, -0.2) is 0 Å². The second-order valence-electron chi connectivity index (χ2n) is 19.4. The molecule has 3 aromatic heterocycles. The van der Waals surface area contributed by atoms with E-state index >= 15 is 0 Å². The quantitative estimate of drug-likeness (QED) is 0.166. The Morgan fingerprint density at radius 3 is 1.72 bits per heavy atom. The van der Waals surface area contributed by atoms with Gasteiger partial charge in [0.2, 0.25) is 0 Å². The number of anilines is 3. The summed E-state index contributed by atoms with van der Waals surface area (Å²) in [7, 11) is 0. The van der Waals surface area contributed by atoms with Crippen molar-refractivity contribution in [1.82, 2.24) is 8.97 Å². The molecule has 0 unspecified atom stereocenters. The van der Waals surface area contributed by atoms with Crippen LogP contribution in [0.2, 0.25) is 0 Å². The minimum Gasteiger partial charge on any atom is -0.458 e. The normalized spacial score (nSPS) is 13.5. The molecule has 0 N–H and O–H groups in total. The summed E-state index contributed by atoms with van der Waals surface area (Å²) in [6.07, 6.45) is 0. The molecule has 5 heterocycles. The van der Waals surface area contributed by atoms with Crippen molar-refractivity contribution in [3.8, 4) is 17.2 Å². The molecule has 2 aliphatic rings. The molecular weight excluding hydrogens is 741 g/mol. The Hall–Kier alpha value is -6.98. The number of benzene rings is 8. The first-order valence-electron chi connectivity index (χ1n) is 21.6. The fourth-order valence-corrected chi connectivity index (χ4v) is 10.9. The Morgan fingerprint density at radius 1 is 0.443 bits per heavy atom. The lowest BCUT2D eigenvalue weighted by molar-refractivity contribution is 0.487. The first-order valence-corrected chi connectivity index (χ1v) is 21.6. The fraction of sp³-hybridized carbons (Fsp3) is 0.143. The summed E-state index contributed by atoms with van der Waals surface area (Å²) in [6.45, 7) is 13.7. The molecule has 5 heteroatoms. The van der Waals surface area contributed by atoms with E-state index in [1.807, 2.05) is 0 Å². The van der Waals surface area contributed by atoms with E-state index in [0.29, 0.717) is 0 Å². The second-order valence-corrected chi connectivity index (χ2v) is 19.4. The molecule has 13 rings (SSSR count). The SMILES string of the molecule is CC(C)(C)c1ccc(N(c2ccc(C(C)(C)C)cc2)c2cc3c4c(c2)-n2c5cc6c(cc5c5cccc(c52)B4c2ccccc2O3)c2cccc3c4ccccc4n6c32)cc1. The van der Waals surface area contributed by atoms with Crippen molar-refractivity contribution in [2.45, 2.75) is 52.4 Å². The van der Waals surface area contributed by atoms with Crippen molar-refractivity contribution in [2.75, 3.05) is 4.90 Å². The highest BCUT2D eigenvalue weighted by Gasteiger charge is 2.41. The highest BCUT2D eigenvalue weighted by Crippen LogP contribution is 2.46. The monoisotopic (exact) mass is 785 g/mol. The predicted octanol–water partition coefficient (Wildman–Crippen LogP) is 12.9. The smallest absolute Gasteiger partial charge is 0.256 e. The van der Waals surface area contributed by atoms with Crippen LogP contribution in [0.1, 0.15) is 52.7 Å². The highest BCUT2D eigenvalue weighted by atomic mass is 16.5. The van der Waals surface area contributed by atoms with Gasteiger partial charge in [-0.05, 0) is 92.9 Å². The maximum atomic E-state index is 7.06. The second kappa shape index (κ2) is 11.9. The van der Waals surface area contributed by atoms with Gasteiger partial charge in [-0.15, -0.1) is 0 Å². The van der Waals surface area contributed by atoms with Gasteiger partial charge in [-0.3, -0.25) is 0 Å². The number of fused-ring (bicyclic) bond motifs is 13. The van der Waals surface area contributed by atoms with Crippen molar-refractivity contribution in [3.05, 3.63) is 169 Å². The number of ether oxygens (including phenoxy) is 1. The maximum absolute atomic E-state index is 7.06. The lowest BCUT2D eigenvalue weighted by atomic mass is 9.34. The molecule has 11 aromatic rings. The summed E-state index contributed by atoms with van der Waals surface area (Å²) >= 11 is 0. The van der Waals surface area contributed by atoms with Crippen LogP contribution in [-0.4, -0.2) is 15.7 Å². The summed E-state index contributed by atoms with van der Waals surface area (Å²) in [5, 5.41) is 7.72. The van der Waals surface area contributed by atoms with Crippen LogP contribution in [-0.2, 0) is 10.8 Å². The average molecular weight is 786 g/mol. The van der Waals surface area contributed by atoms with Gasteiger partial charge in [0.25, 0.3) is 6.71 Å². The summed E-state index contributed by atoms with van der Waals surface area (Å²) < 4.78 is 12.1. The Morgan fingerprint density at radius 2 is 1.02 bits per heavy atom. The summed E-state index contributed by atoms with van der Waals surface area (Å²) in [4.78, 5) is 2.41. The van der Waals surface area contributed by atoms with Crippen LogP contribution in [0.5, 0.6) is 11.5 Å². The molecule has 0 radical (unpaired) electrons. The van der Waals surface area contributed by atoms with Crippen LogP contribution in [0, 0.1) is 0 Å². The van der Waals surface area contributed by atoms with E-state index in [0.717, 1.165) is 34.2 Å². The Balaban J connectivity index is 1.14. The van der Waals surface area contributed by atoms with Crippen LogP contribution in [0.4, 0.5) is 17.1 Å². The van der Waals surface area contributed by atoms with E-state index < -0.39 is 0 Å². The van der Waals surface area contributed by atoms with E-state index in [-0.39, 0.29) is 17.5 Å². The minimum absolute atomic E-state index is 0.0238. The maximum Gasteiger partial charge on any atom is 0.256 e. The molecule has 2 aliphatic heterocycles. The largest absolute Gasteiger partial charge is 0.458 e. The molecule has 4 nitrogen and oxygen atoms in total.